The van der Waals surface area contributed by atoms with E-state index in [0.717, 1.165) is 37.1 Å². The predicted octanol–water partition coefficient (Wildman–Crippen LogP) is 5.10. The average molecular weight is 581 g/mol. The predicted molar refractivity (Wildman–Crippen MR) is 159 cm³/mol. The number of carbonyl (C=O) groups is 1. The summed E-state index contributed by atoms with van der Waals surface area (Å²) < 4.78 is 18.9. The summed E-state index contributed by atoms with van der Waals surface area (Å²) in [5.74, 6) is 1.92. The maximum absolute atomic E-state index is 12.4. The number of benzene rings is 1. The summed E-state index contributed by atoms with van der Waals surface area (Å²) in [5.41, 5.74) is 11.4. The summed E-state index contributed by atoms with van der Waals surface area (Å²) in [5, 5.41) is 11.6. The number of methoxy groups -OCH3 is 2. The van der Waals surface area contributed by atoms with Crippen molar-refractivity contribution in [3.05, 3.63) is 39.9 Å². The van der Waals surface area contributed by atoms with E-state index in [4.69, 9.17) is 24.8 Å². The molecular formula is C28H40N10O4. The molecule has 2 aromatic heterocycles. The van der Waals surface area contributed by atoms with Crippen molar-refractivity contribution in [2.24, 2.45) is 5.11 Å². The topological polar surface area (TPSA) is 156 Å². The van der Waals surface area contributed by atoms with Gasteiger partial charge in [-0.05, 0) is 55.5 Å². The SMILES string of the molecule is CCCCNc1nc(N=[N+]=[N-])nc2cn(Cc3c(OC)cc(CN4CCN(C(=O)OC(C)(C)C)CC4)cc3OC)nc12. The van der Waals surface area contributed by atoms with Crippen molar-refractivity contribution in [2.75, 3.05) is 52.3 Å². The molecule has 0 aliphatic carbocycles. The van der Waals surface area contributed by atoms with Gasteiger partial charge in [0.2, 0.25) is 5.95 Å². The van der Waals surface area contributed by atoms with Gasteiger partial charge >= 0.3 is 6.09 Å². The number of hydrogen-bond donors (Lipinski definition) is 1. The number of piperazine rings is 1. The number of ether oxygens (including phenoxy) is 3. The van der Waals surface area contributed by atoms with Crippen LogP contribution in [0, 0.1) is 0 Å². The van der Waals surface area contributed by atoms with E-state index < -0.39 is 5.60 Å². The standard InChI is InChI=1S/C28H40N10O4/c1-7-8-9-30-25-24-21(31-26(32-25)33-35-29)18-38(34-24)17-20-22(40-5)14-19(15-23(20)41-6)16-36-10-12-37(13-11-36)27(39)42-28(2,3)4/h14-15,18H,7-13,16-17H2,1-6H3,(H,30,31,32). The fourth-order valence-corrected chi connectivity index (χ4v) is 4.74. The lowest BCUT2D eigenvalue weighted by molar-refractivity contribution is 0.0139. The molecule has 1 fully saturated rings. The van der Waals surface area contributed by atoms with Crippen LogP contribution in [0.2, 0.25) is 0 Å². The van der Waals surface area contributed by atoms with E-state index in [1.807, 2.05) is 32.9 Å². The molecule has 4 rings (SSSR count). The minimum atomic E-state index is -0.512. The molecule has 3 heterocycles. The second-order valence-corrected chi connectivity index (χ2v) is 11.1. The molecule has 1 N–H and O–H groups in total. The number of nitrogens with one attached hydrogen (secondary N) is 1. The highest BCUT2D eigenvalue weighted by Crippen LogP contribution is 2.33. The van der Waals surface area contributed by atoms with E-state index in [9.17, 15) is 4.79 Å². The molecule has 1 amide bonds. The molecule has 0 saturated carbocycles. The Bertz CT molecular complexity index is 1410. The number of fused-ring (bicyclic) bond motifs is 1. The van der Waals surface area contributed by atoms with Gasteiger partial charge in [0.25, 0.3) is 0 Å². The molecule has 1 aliphatic heterocycles. The quantitative estimate of drug-likeness (QED) is 0.141. The molecule has 226 valence electrons. The van der Waals surface area contributed by atoms with Gasteiger partial charge < -0.3 is 24.4 Å². The first-order chi connectivity index (χ1) is 20.1. The highest BCUT2D eigenvalue weighted by Gasteiger charge is 2.26. The Kier molecular flexibility index (Phi) is 9.92. The third kappa shape index (κ3) is 7.71. The Morgan fingerprint density at radius 1 is 1.10 bits per heavy atom. The summed E-state index contributed by atoms with van der Waals surface area (Å²) >= 11 is 0. The summed E-state index contributed by atoms with van der Waals surface area (Å²) in [6, 6.07) is 4.02. The molecule has 14 heteroatoms. The molecule has 3 aromatic rings. The van der Waals surface area contributed by atoms with Gasteiger partial charge in [0, 0.05) is 44.2 Å². The smallest absolute Gasteiger partial charge is 0.410 e. The fraction of sp³-hybridized carbons (Fsp3) is 0.571. The van der Waals surface area contributed by atoms with Gasteiger partial charge in [0.15, 0.2) is 11.3 Å². The minimum Gasteiger partial charge on any atom is -0.496 e. The average Bonchev–Trinajstić information content (AvgIpc) is 3.36. The van der Waals surface area contributed by atoms with Crippen molar-refractivity contribution in [1.29, 1.82) is 0 Å². The highest BCUT2D eigenvalue weighted by molar-refractivity contribution is 5.85. The molecule has 42 heavy (non-hydrogen) atoms. The van der Waals surface area contributed by atoms with Gasteiger partial charge in [-0.15, -0.1) is 0 Å². The second kappa shape index (κ2) is 13.6. The molecule has 0 bridgehead atoms. The van der Waals surface area contributed by atoms with Crippen molar-refractivity contribution < 1.29 is 19.0 Å². The molecule has 0 radical (unpaired) electrons. The van der Waals surface area contributed by atoms with Gasteiger partial charge in [0.05, 0.1) is 32.5 Å². The number of aromatic nitrogens is 4. The van der Waals surface area contributed by atoms with Gasteiger partial charge in [-0.2, -0.15) is 5.10 Å². The van der Waals surface area contributed by atoms with E-state index in [2.05, 4.69) is 37.1 Å². The van der Waals surface area contributed by atoms with Crippen LogP contribution >= 0.6 is 0 Å². The van der Waals surface area contributed by atoms with Crippen LogP contribution in [-0.4, -0.2) is 88.2 Å². The largest absolute Gasteiger partial charge is 0.496 e. The normalized spacial score (nSPS) is 14.0. The van der Waals surface area contributed by atoms with E-state index >= 15 is 0 Å². The number of azide groups is 1. The van der Waals surface area contributed by atoms with Crippen LogP contribution in [0.15, 0.2) is 23.4 Å². The molecule has 0 unspecified atom stereocenters. The Morgan fingerprint density at radius 3 is 2.38 bits per heavy atom. The first-order valence-corrected chi connectivity index (χ1v) is 14.1. The lowest BCUT2D eigenvalue weighted by Gasteiger charge is -2.35. The van der Waals surface area contributed by atoms with Crippen molar-refractivity contribution >= 4 is 28.9 Å². The van der Waals surface area contributed by atoms with E-state index in [0.29, 0.717) is 61.1 Å². The monoisotopic (exact) mass is 580 g/mol. The van der Waals surface area contributed by atoms with Crippen molar-refractivity contribution in [2.45, 2.75) is 59.2 Å². The molecule has 1 saturated heterocycles. The summed E-state index contributed by atoms with van der Waals surface area (Å²) in [6.45, 7) is 12.2. The molecule has 14 nitrogen and oxygen atoms in total. The number of unbranched alkanes of at least 4 members (excludes halogenated alkanes) is 1. The first kappa shape index (κ1) is 30.7. The van der Waals surface area contributed by atoms with Crippen LogP contribution in [0.4, 0.5) is 16.6 Å². The molecular weight excluding hydrogens is 540 g/mol. The van der Waals surface area contributed by atoms with E-state index in [-0.39, 0.29) is 12.0 Å². The zero-order chi connectivity index (χ0) is 30.3. The number of anilines is 1. The molecule has 1 aliphatic rings. The van der Waals surface area contributed by atoms with Crippen molar-refractivity contribution in [3.63, 3.8) is 0 Å². The fourth-order valence-electron chi connectivity index (χ4n) is 4.74. The zero-order valence-electron chi connectivity index (χ0n) is 25.3. The Balaban J connectivity index is 1.52. The Hall–Kier alpha value is -4.29. The van der Waals surface area contributed by atoms with Crippen molar-refractivity contribution in [1.82, 2.24) is 29.5 Å². The summed E-state index contributed by atoms with van der Waals surface area (Å²) in [4.78, 5) is 28.0. The lowest BCUT2D eigenvalue weighted by Crippen LogP contribution is -2.49. The van der Waals surface area contributed by atoms with Crippen LogP contribution in [0.5, 0.6) is 11.5 Å². The second-order valence-electron chi connectivity index (χ2n) is 11.1. The first-order valence-electron chi connectivity index (χ1n) is 14.1. The Morgan fingerprint density at radius 2 is 1.79 bits per heavy atom. The van der Waals surface area contributed by atoms with Crippen LogP contribution in [0.3, 0.4) is 0 Å². The maximum atomic E-state index is 12.4. The van der Waals surface area contributed by atoms with Gasteiger partial charge in [-0.1, -0.05) is 13.3 Å². The number of rotatable bonds is 11. The van der Waals surface area contributed by atoms with Crippen LogP contribution in [-0.2, 0) is 17.8 Å². The minimum absolute atomic E-state index is 0.0370. The number of nitrogens with zero attached hydrogens (tertiary/aromatic N) is 9. The van der Waals surface area contributed by atoms with Gasteiger partial charge in [-0.25, -0.2) is 14.8 Å². The molecule has 1 aromatic carbocycles. The maximum Gasteiger partial charge on any atom is 0.410 e. The highest BCUT2D eigenvalue weighted by atomic mass is 16.6. The van der Waals surface area contributed by atoms with E-state index in [1.165, 1.54) is 0 Å². The summed E-state index contributed by atoms with van der Waals surface area (Å²) in [6.07, 6.45) is 3.50. The summed E-state index contributed by atoms with van der Waals surface area (Å²) in [7, 11) is 3.27. The zero-order valence-corrected chi connectivity index (χ0v) is 25.3. The third-order valence-electron chi connectivity index (χ3n) is 6.77. The Labute approximate surface area is 245 Å². The van der Waals surface area contributed by atoms with E-state index in [1.54, 1.807) is 30.0 Å². The third-order valence-corrected chi connectivity index (χ3v) is 6.77. The van der Waals surface area contributed by atoms with Crippen LogP contribution in [0.1, 0.15) is 51.7 Å². The molecule has 0 spiro atoms. The van der Waals surface area contributed by atoms with Gasteiger partial charge in [0.1, 0.15) is 22.6 Å². The number of amides is 1. The van der Waals surface area contributed by atoms with Gasteiger partial charge in [-0.3, -0.25) is 9.58 Å². The van der Waals surface area contributed by atoms with Crippen LogP contribution in [0.25, 0.3) is 21.5 Å². The van der Waals surface area contributed by atoms with Crippen LogP contribution < -0.4 is 14.8 Å². The van der Waals surface area contributed by atoms with Crippen molar-refractivity contribution in [3.8, 4) is 11.5 Å². The number of hydrogen-bond acceptors (Lipinski definition) is 10. The number of carbonyl (C=O) groups excluding carboxylic acids is 1. The lowest BCUT2D eigenvalue weighted by atomic mass is 10.1. The molecule has 0 atom stereocenters.